The molecule has 6 nitrogen and oxygen atoms in total. The number of hydrogen-bond donors (Lipinski definition) is 1. The number of methoxy groups -OCH3 is 1. The molecule has 1 aromatic heterocycles. The van der Waals surface area contributed by atoms with Crippen molar-refractivity contribution in [3.63, 3.8) is 0 Å². The number of benzene rings is 2. The number of nitrogens with one attached hydrogen (secondary N) is 1. The molecule has 0 saturated carbocycles. The van der Waals surface area contributed by atoms with E-state index in [2.05, 4.69) is 24.1 Å². The predicted molar refractivity (Wildman–Crippen MR) is 134 cm³/mol. The van der Waals surface area contributed by atoms with Gasteiger partial charge in [0, 0.05) is 35.2 Å². The van der Waals surface area contributed by atoms with Gasteiger partial charge in [0.1, 0.15) is 5.75 Å². The summed E-state index contributed by atoms with van der Waals surface area (Å²) in [6, 6.07) is 14.5. The van der Waals surface area contributed by atoms with Gasteiger partial charge in [0.25, 0.3) is 11.8 Å². The fourth-order valence-corrected chi connectivity index (χ4v) is 4.07. The van der Waals surface area contributed by atoms with Crippen LogP contribution in [0.15, 0.2) is 53.9 Å². The molecule has 0 spiro atoms. The Bertz CT molecular complexity index is 1040. The van der Waals surface area contributed by atoms with Gasteiger partial charge in [-0.15, -0.1) is 11.3 Å². The van der Waals surface area contributed by atoms with Crippen LogP contribution in [0, 0.1) is 0 Å². The highest BCUT2D eigenvalue weighted by Gasteiger charge is 2.16. The van der Waals surface area contributed by atoms with Crippen molar-refractivity contribution < 1.29 is 14.3 Å². The average Bonchev–Trinajstić information content (AvgIpc) is 3.32. The molecule has 33 heavy (non-hydrogen) atoms. The monoisotopic (exact) mass is 465 g/mol. The summed E-state index contributed by atoms with van der Waals surface area (Å²) in [6.45, 7) is 5.77. The zero-order valence-corrected chi connectivity index (χ0v) is 20.3. The normalized spacial score (nSPS) is 10.6. The Morgan fingerprint density at radius 3 is 2.12 bits per heavy atom. The van der Waals surface area contributed by atoms with Crippen molar-refractivity contribution >= 4 is 28.3 Å². The van der Waals surface area contributed by atoms with Crippen LogP contribution in [0.2, 0.25) is 0 Å². The molecule has 0 unspecified atom stereocenters. The summed E-state index contributed by atoms with van der Waals surface area (Å²) in [6.07, 6.45) is 4.07. The standard InChI is InChI=1S/C26H31N3O3S/c1-4-6-16-29(17-7-5-2)25(31)21-10-8-20(9-11-21)24(30)28-26-27-23(18-33-26)19-12-14-22(32-3)15-13-19/h8-15,18H,4-7,16-17H2,1-3H3,(H,27,28,30). The number of unbranched alkanes of at least 4 members (excludes halogenated alkanes) is 2. The topological polar surface area (TPSA) is 71.5 Å². The lowest BCUT2D eigenvalue weighted by Crippen LogP contribution is -2.33. The largest absolute Gasteiger partial charge is 0.497 e. The van der Waals surface area contributed by atoms with Crippen LogP contribution < -0.4 is 10.1 Å². The number of thiazole rings is 1. The summed E-state index contributed by atoms with van der Waals surface area (Å²) in [4.78, 5) is 32.0. The molecule has 0 aliphatic rings. The number of rotatable bonds is 11. The molecule has 0 bridgehead atoms. The second-order valence-corrected chi connectivity index (χ2v) is 8.66. The van der Waals surface area contributed by atoms with Gasteiger partial charge in [-0.2, -0.15) is 0 Å². The molecule has 0 radical (unpaired) electrons. The van der Waals surface area contributed by atoms with Crippen molar-refractivity contribution in [2.45, 2.75) is 39.5 Å². The summed E-state index contributed by atoms with van der Waals surface area (Å²) in [7, 11) is 1.63. The van der Waals surface area contributed by atoms with Gasteiger partial charge < -0.3 is 9.64 Å². The molecular weight excluding hydrogens is 434 g/mol. The van der Waals surface area contributed by atoms with Gasteiger partial charge in [0.2, 0.25) is 0 Å². The minimum atomic E-state index is -0.251. The van der Waals surface area contributed by atoms with Crippen LogP contribution in [0.25, 0.3) is 11.3 Å². The minimum absolute atomic E-state index is 0.0212. The van der Waals surface area contributed by atoms with Crippen molar-refractivity contribution in [1.29, 1.82) is 0 Å². The maximum Gasteiger partial charge on any atom is 0.257 e. The first-order valence-corrected chi connectivity index (χ1v) is 12.2. The van der Waals surface area contributed by atoms with E-state index in [-0.39, 0.29) is 11.8 Å². The van der Waals surface area contributed by atoms with Crippen LogP contribution in [0.4, 0.5) is 5.13 Å². The Morgan fingerprint density at radius 2 is 1.55 bits per heavy atom. The van der Waals surface area contributed by atoms with E-state index in [1.807, 2.05) is 34.5 Å². The van der Waals surface area contributed by atoms with Crippen molar-refractivity contribution in [2.75, 3.05) is 25.5 Å². The zero-order valence-electron chi connectivity index (χ0n) is 19.5. The molecule has 1 heterocycles. The smallest absolute Gasteiger partial charge is 0.257 e. The maximum absolute atomic E-state index is 12.9. The number of carbonyl (C=O) groups excluding carboxylic acids is 2. The van der Waals surface area contributed by atoms with Crippen LogP contribution in [0.3, 0.4) is 0 Å². The number of aromatic nitrogens is 1. The van der Waals surface area contributed by atoms with Gasteiger partial charge in [-0.1, -0.05) is 26.7 Å². The lowest BCUT2D eigenvalue weighted by molar-refractivity contribution is 0.0750. The number of anilines is 1. The Hall–Kier alpha value is -3.19. The molecule has 2 amide bonds. The SMILES string of the molecule is CCCCN(CCCC)C(=O)c1ccc(C(=O)Nc2nc(-c3ccc(OC)cc3)cs2)cc1. The number of carbonyl (C=O) groups is 2. The highest BCUT2D eigenvalue weighted by atomic mass is 32.1. The van der Waals surface area contributed by atoms with E-state index in [0.29, 0.717) is 16.3 Å². The third-order valence-electron chi connectivity index (χ3n) is 5.35. The Labute approximate surface area is 199 Å². The third-order valence-corrected chi connectivity index (χ3v) is 6.11. The lowest BCUT2D eigenvalue weighted by Gasteiger charge is -2.22. The Morgan fingerprint density at radius 1 is 0.939 bits per heavy atom. The van der Waals surface area contributed by atoms with Gasteiger partial charge in [0.05, 0.1) is 12.8 Å². The highest BCUT2D eigenvalue weighted by molar-refractivity contribution is 7.14. The summed E-state index contributed by atoms with van der Waals surface area (Å²) in [5.74, 6) is 0.551. The number of nitrogens with zero attached hydrogens (tertiary/aromatic N) is 2. The van der Waals surface area contributed by atoms with Crippen molar-refractivity contribution in [3.05, 3.63) is 65.0 Å². The first-order valence-electron chi connectivity index (χ1n) is 11.4. The van der Waals surface area contributed by atoms with Crippen molar-refractivity contribution in [1.82, 2.24) is 9.88 Å². The van der Waals surface area contributed by atoms with Gasteiger partial charge in [-0.25, -0.2) is 4.98 Å². The molecule has 0 atom stereocenters. The Balaban J connectivity index is 1.64. The molecular formula is C26H31N3O3S. The second-order valence-electron chi connectivity index (χ2n) is 7.80. The molecule has 3 aromatic rings. The molecule has 0 saturated heterocycles. The van der Waals surface area contributed by atoms with Crippen LogP contribution >= 0.6 is 11.3 Å². The Kier molecular flexibility index (Phi) is 9.01. The molecule has 7 heteroatoms. The lowest BCUT2D eigenvalue weighted by atomic mass is 10.1. The van der Waals surface area contributed by atoms with Crippen LogP contribution in [0.1, 0.15) is 60.2 Å². The fourth-order valence-electron chi connectivity index (χ4n) is 3.35. The van der Waals surface area contributed by atoms with E-state index in [1.54, 1.807) is 31.4 Å². The number of hydrogen-bond acceptors (Lipinski definition) is 5. The van der Waals surface area contributed by atoms with E-state index in [9.17, 15) is 9.59 Å². The maximum atomic E-state index is 12.9. The third kappa shape index (κ3) is 6.65. The quantitative estimate of drug-likeness (QED) is 0.371. The first kappa shape index (κ1) is 24.5. The first-order chi connectivity index (χ1) is 16.0. The summed E-state index contributed by atoms with van der Waals surface area (Å²) >= 11 is 1.37. The molecule has 1 N–H and O–H groups in total. The molecule has 0 fully saturated rings. The predicted octanol–water partition coefficient (Wildman–Crippen LogP) is 6.11. The number of amides is 2. The van der Waals surface area contributed by atoms with Gasteiger partial charge in [-0.3, -0.25) is 14.9 Å². The van der Waals surface area contributed by atoms with E-state index < -0.39 is 0 Å². The highest BCUT2D eigenvalue weighted by Crippen LogP contribution is 2.26. The fraction of sp³-hybridized carbons (Fsp3) is 0.346. The summed E-state index contributed by atoms with van der Waals surface area (Å²) in [5.41, 5.74) is 2.83. The summed E-state index contributed by atoms with van der Waals surface area (Å²) in [5, 5.41) is 5.27. The van der Waals surface area contributed by atoms with Crippen molar-refractivity contribution in [2.24, 2.45) is 0 Å². The van der Waals surface area contributed by atoms with Crippen LogP contribution in [-0.2, 0) is 0 Å². The van der Waals surface area contributed by atoms with Gasteiger partial charge in [-0.05, 0) is 61.4 Å². The second kappa shape index (κ2) is 12.2. The average molecular weight is 466 g/mol. The number of ether oxygens (including phenoxy) is 1. The summed E-state index contributed by atoms with van der Waals surface area (Å²) < 4.78 is 5.18. The van der Waals surface area contributed by atoms with E-state index in [0.717, 1.165) is 55.8 Å². The molecule has 2 aromatic carbocycles. The van der Waals surface area contributed by atoms with Crippen LogP contribution in [0.5, 0.6) is 5.75 Å². The van der Waals surface area contributed by atoms with E-state index in [1.165, 1.54) is 11.3 Å². The van der Waals surface area contributed by atoms with Gasteiger partial charge >= 0.3 is 0 Å². The molecule has 174 valence electrons. The molecule has 0 aliphatic carbocycles. The van der Waals surface area contributed by atoms with Gasteiger partial charge in [0.15, 0.2) is 5.13 Å². The van der Waals surface area contributed by atoms with E-state index in [4.69, 9.17) is 4.74 Å². The minimum Gasteiger partial charge on any atom is -0.497 e. The zero-order chi connectivity index (χ0) is 23.6. The van der Waals surface area contributed by atoms with Crippen LogP contribution in [-0.4, -0.2) is 41.9 Å². The van der Waals surface area contributed by atoms with E-state index >= 15 is 0 Å². The van der Waals surface area contributed by atoms with Crippen molar-refractivity contribution in [3.8, 4) is 17.0 Å². The molecule has 0 aliphatic heterocycles. The molecule has 3 rings (SSSR count).